The number of benzene rings is 8. The molecule has 0 bridgehead atoms. The Hall–Kier alpha value is -8.46. The summed E-state index contributed by atoms with van der Waals surface area (Å²) in [4.78, 5) is 4.35. The molecule has 0 amide bonds. The van der Waals surface area contributed by atoms with Crippen molar-refractivity contribution in [3.8, 4) is 35.4 Å². The fraction of sp³-hybridized carbons (Fsp3) is 0. The number of nitrogens with zero attached hydrogens (tertiary/aromatic N) is 6. The summed E-state index contributed by atoms with van der Waals surface area (Å²) in [5.74, 6) is 0. The van der Waals surface area contributed by atoms with Gasteiger partial charge in [-0.3, -0.25) is 0 Å². The summed E-state index contributed by atoms with van der Waals surface area (Å²) in [6.07, 6.45) is 0. The molecule has 0 fully saturated rings. The van der Waals surface area contributed by atoms with Gasteiger partial charge in [-0.15, -0.1) is 0 Å². The molecule has 0 radical (unpaired) electrons. The summed E-state index contributed by atoms with van der Waals surface area (Å²) < 4.78 is 0. The number of nitriles is 4. The van der Waals surface area contributed by atoms with Gasteiger partial charge in [-0.25, -0.2) is 0 Å². The smallest absolute Gasteiger partial charge is 0.181 e. The van der Waals surface area contributed by atoms with Crippen molar-refractivity contribution in [2.45, 2.75) is 0 Å². The average Bonchev–Trinajstić information content (AvgIpc) is 3.61. The molecule has 0 aromatic heterocycles. The van der Waals surface area contributed by atoms with E-state index in [1.807, 2.05) is 97.1 Å². The van der Waals surface area contributed by atoms with Crippen LogP contribution < -0.4 is 30.5 Å². The van der Waals surface area contributed by atoms with Crippen molar-refractivity contribution in [3.05, 3.63) is 216 Å². The molecular weight excluding hydrogens is 737 g/mol. The van der Waals surface area contributed by atoms with Crippen molar-refractivity contribution in [1.29, 1.82) is 21.0 Å². The first-order valence-electron chi connectivity index (χ1n) is 19.1. The van der Waals surface area contributed by atoms with Crippen LogP contribution in [-0.2, 0) is 0 Å². The zero-order chi connectivity index (χ0) is 40.3. The molecule has 1 heterocycles. The Morgan fingerprint density at radius 2 is 0.610 bits per heavy atom. The quantitative estimate of drug-likeness (QED) is 0.143. The first-order chi connectivity index (χ1) is 29.0. The van der Waals surface area contributed by atoms with Gasteiger partial charge in [0.15, 0.2) is 8.07 Å². The van der Waals surface area contributed by atoms with Crippen LogP contribution in [0.2, 0.25) is 0 Å². The molecule has 0 saturated carbocycles. The molecule has 0 saturated heterocycles. The van der Waals surface area contributed by atoms with E-state index < -0.39 is 8.07 Å². The molecule has 274 valence electrons. The summed E-state index contributed by atoms with van der Waals surface area (Å²) in [6.45, 7) is 0. The highest BCUT2D eigenvalue weighted by Crippen LogP contribution is 2.38. The van der Waals surface area contributed by atoms with E-state index in [1.165, 1.54) is 31.9 Å². The summed E-state index contributed by atoms with van der Waals surface area (Å²) >= 11 is 0. The standard InChI is InChI=1S/C52H32N6Si/c53-33-37-15-23-41(24-16-37)57(42-25-17-38(34-54)18-26-42)45-7-5-9-47(31-45)59(51-13-3-1-11-49(51)50-12-2-4-14-52(50)59)48-10-6-8-46(32-48)58(43-27-19-39(35-55)20-28-43)44-29-21-40(36-56)22-30-44/h1-32H. The maximum absolute atomic E-state index is 9.62. The van der Waals surface area contributed by atoms with E-state index in [1.54, 1.807) is 0 Å². The van der Waals surface area contributed by atoms with E-state index in [0.29, 0.717) is 22.3 Å². The summed E-state index contributed by atoms with van der Waals surface area (Å²) in [7, 11) is -3.07. The van der Waals surface area contributed by atoms with Crippen molar-refractivity contribution in [3.63, 3.8) is 0 Å². The van der Waals surface area contributed by atoms with E-state index in [2.05, 4.69) is 131 Å². The Balaban J connectivity index is 1.29. The van der Waals surface area contributed by atoms with Crippen LogP contribution in [0.25, 0.3) is 11.1 Å². The third-order valence-electron chi connectivity index (χ3n) is 11.0. The lowest BCUT2D eigenvalue weighted by Gasteiger charge is -2.34. The van der Waals surface area contributed by atoms with E-state index in [9.17, 15) is 21.0 Å². The second-order valence-corrected chi connectivity index (χ2v) is 18.0. The SMILES string of the molecule is N#Cc1ccc(N(c2ccc(C#N)cc2)c2cccc([Si]3(c4cccc(N(c5ccc(C#N)cc5)c5ccc(C#N)cc5)c4)c4ccccc4-c4ccccc43)c2)cc1. The lowest BCUT2D eigenvalue weighted by atomic mass is 10.1. The molecule has 1 aliphatic rings. The highest BCUT2D eigenvalue weighted by atomic mass is 28.3. The molecule has 0 unspecified atom stereocenters. The number of fused-ring (bicyclic) bond motifs is 3. The number of hydrogen-bond donors (Lipinski definition) is 0. The second-order valence-electron chi connectivity index (χ2n) is 14.2. The minimum absolute atomic E-state index is 0.573. The number of anilines is 6. The van der Waals surface area contributed by atoms with Crippen molar-refractivity contribution in [2.75, 3.05) is 9.80 Å². The first-order valence-corrected chi connectivity index (χ1v) is 21.1. The first kappa shape index (κ1) is 36.2. The molecule has 9 rings (SSSR count). The van der Waals surface area contributed by atoms with Crippen molar-refractivity contribution >= 4 is 62.9 Å². The van der Waals surface area contributed by atoms with E-state index in [-0.39, 0.29) is 0 Å². The summed E-state index contributed by atoms with van der Waals surface area (Å²) in [6, 6.07) is 74.4. The fourth-order valence-corrected chi connectivity index (χ4v) is 13.6. The van der Waals surface area contributed by atoms with Crippen LogP contribution in [0.4, 0.5) is 34.1 Å². The van der Waals surface area contributed by atoms with Crippen LogP contribution in [0.15, 0.2) is 194 Å². The molecule has 0 atom stereocenters. The van der Waals surface area contributed by atoms with Crippen LogP contribution in [0.3, 0.4) is 0 Å². The highest BCUT2D eigenvalue weighted by Gasteiger charge is 2.49. The predicted molar refractivity (Wildman–Crippen MR) is 237 cm³/mol. The van der Waals surface area contributed by atoms with Crippen LogP contribution in [0, 0.1) is 45.3 Å². The Morgan fingerprint density at radius 1 is 0.305 bits per heavy atom. The molecule has 0 spiro atoms. The van der Waals surface area contributed by atoms with Gasteiger partial charge in [0.1, 0.15) is 0 Å². The van der Waals surface area contributed by atoms with Crippen molar-refractivity contribution in [2.24, 2.45) is 0 Å². The Kier molecular flexibility index (Phi) is 9.34. The van der Waals surface area contributed by atoms with Crippen LogP contribution in [-0.4, -0.2) is 8.07 Å². The third kappa shape index (κ3) is 6.28. The Labute approximate surface area is 344 Å². The molecule has 1 aliphatic heterocycles. The third-order valence-corrected chi connectivity index (χ3v) is 15.9. The predicted octanol–water partition coefficient (Wildman–Crippen LogP) is 9.47. The second kappa shape index (κ2) is 15.2. The topological polar surface area (TPSA) is 102 Å². The van der Waals surface area contributed by atoms with Gasteiger partial charge in [0, 0.05) is 34.1 Å². The molecular formula is C52H32N6Si. The van der Waals surface area contributed by atoms with E-state index >= 15 is 0 Å². The van der Waals surface area contributed by atoms with Gasteiger partial charge < -0.3 is 9.80 Å². The lowest BCUT2D eigenvalue weighted by Crippen LogP contribution is -2.72. The molecule has 59 heavy (non-hydrogen) atoms. The highest BCUT2D eigenvalue weighted by molar-refractivity contribution is 7.22. The Bertz CT molecular complexity index is 2710. The lowest BCUT2D eigenvalue weighted by molar-refractivity contribution is 1.28. The Morgan fingerprint density at radius 3 is 0.915 bits per heavy atom. The van der Waals surface area contributed by atoms with Gasteiger partial charge >= 0.3 is 0 Å². The summed E-state index contributed by atoms with van der Waals surface area (Å²) in [5, 5.41) is 43.5. The van der Waals surface area contributed by atoms with Gasteiger partial charge in [0.2, 0.25) is 0 Å². The molecule has 7 heteroatoms. The fourth-order valence-electron chi connectivity index (χ4n) is 8.41. The van der Waals surface area contributed by atoms with Gasteiger partial charge in [0.05, 0.1) is 46.5 Å². The van der Waals surface area contributed by atoms with Crippen LogP contribution >= 0.6 is 0 Å². The molecule has 0 N–H and O–H groups in total. The van der Waals surface area contributed by atoms with Gasteiger partial charge in [-0.2, -0.15) is 21.0 Å². The zero-order valence-corrected chi connectivity index (χ0v) is 32.7. The van der Waals surface area contributed by atoms with E-state index in [4.69, 9.17) is 0 Å². The maximum atomic E-state index is 9.62. The van der Waals surface area contributed by atoms with Crippen LogP contribution in [0.5, 0.6) is 0 Å². The molecule has 6 nitrogen and oxygen atoms in total. The zero-order valence-electron chi connectivity index (χ0n) is 31.7. The van der Waals surface area contributed by atoms with E-state index in [0.717, 1.165) is 34.1 Å². The largest absolute Gasteiger partial charge is 0.311 e. The van der Waals surface area contributed by atoms with Gasteiger partial charge in [-0.1, -0.05) is 72.8 Å². The van der Waals surface area contributed by atoms with Crippen LogP contribution in [0.1, 0.15) is 22.3 Å². The van der Waals surface area contributed by atoms with Gasteiger partial charge in [-0.05, 0) is 153 Å². The minimum Gasteiger partial charge on any atom is -0.311 e. The van der Waals surface area contributed by atoms with Gasteiger partial charge in [0.25, 0.3) is 0 Å². The maximum Gasteiger partial charge on any atom is 0.181 e. The molecule has 0 aliphatic carbocycles. The number of rotatable bonds is 8. The normalized spacial score (nSPS) is 11.8. The summed E-state index contributed by atoms with van der Waals surface area (Å²) in [5.41, 5.74) is 10.2. The monoisotopic (exact) mass is 768 g/mol. The molecule has 8 aromatic carbocycles. The number of hydrogen-bond acceptors (Lipinski definition) is 6. The minimum atomic E-state index is -3.07. The molecule has 8 aromatic rings. The van der Waals surface area contributed by atoms with Crippen molar-refractivity contribution < 1.29 is 0 Å². The average molecular weight is 769 g/mol. The van der Waals surface area contributed by atoms with Crippen molar-refractivity contribution in [1.82, 2.24) is 0 Å².